The van der Waals surface area contributed by atoms with Crippen LogP contribution in [0.1, 0.15) is 23.7 Å². The van der Waals surface area contributed by atoms with Crippen LogP contribution in [0.25, 0.3) is 5.78 Å². The summed E-state index contributed by atoms with van der Waals surface area (Å²) in [6, 6.07) is 5.04. The fourth-order valence-corrected chi connectivity index (χ4v) is 2.45. The molecule has 0 aliphatic heterocycles. The molecule has 2 heterocycles. The van der Waals surface area contributed by atoms with Gasteiger partial charge in [0.15, 0.2) is 0 Å². The van der Waals surface area contributed by atoms with E-state index >= 15 is 0 Å². The minimum absolute atomic E-state index is 0.330. The summed E-state index contributed by atoms with van der Waals surface area (Å²) < 4.78 is 40.1. The second-order valence-corrected chi connectivity index (χ2v) is 5.05. The van der Waals surface area contributed by atoms with E-state index < -0.39 is 11.7 Å². The van der Waals surface area contributed by atoms with Crippen LogP contribution in [0, 0.1) is 6.92 Å². The highest BCUT2D eigenvalue weighted by Gasteiger charge is 2.30. The number of fused-ring (bicyclic) bond motifs is 1. The van der Waals surface area contributed by atoms with Gasteiger partial charge in [-0.15, -0.1) is 0 Å². The van der Waals surface area contributed by atoms with Crippen molar-refractivity contribution in [3.8, 4) is 0 Å². The third kappa shape index (κ3) is 2.84. The van der Waals surface area contributed by atoms with Gasteiger partial charge in [0.05, 0.1) is 5.56 Å². The molecule has 0 amide bonds. The van der Waals surface area contributed by atoms with Gasteiger partial charge in [-0.05, 0) is 31.5 Å². The van der Waals surface area contributed by atoms with Crippen molar-refractivity contribution in [2.75, 3.05) is 5.32 Å². The van der Waals surface area contributed by atoms with Crippen LogP contribution in [0.4, 0.5) is 24.7 Å². The predicted octanol–water partition coefficient (Wildman–Crippen LogP) is 3.76. The Morgan fingerprint density at radius 2 is 2.04 bits per heavy atom. The van der Waals surface area contributed by atoms with Crippen molar-refractivity contribution in [2.45, 2.75) is 26.4 Å². The maximum atomic E-state index is 12.9. The van der Waals surface area contributed by atoms with E-state index in [4.69, 9.17) is 0 Å². The Morgan fingerprint density at radius 3 is 2.74 bits per heavy atom. The van der Waals surface area contributed by atoms with Gasteiger partial charge in [0.25, 0.3) is 5.78 Å². The Labute approximate surface area is 130 Å². The summed E-state index contributed by atoms with van der Waals surface area (Å²) in [5.74, 6) is 0.973. The normalized spacial score (nSPS) is 11.9. The Balaban J connectivity index is 2.10. The van der Waals surface area contributed by atoms with E-state index in [1.165, 1.54) is 16.9 Å². The standard InChI is InChI=1S/C15H14F3N5/c1-3-12-9(2)21-14-19-8-20-23(14)13(12)22-11-6-4-5-10(7-11)15(16,17)18/h4-8,22H,3H2,1-2H3. The van der Waals surface area contributed by atoms with Crippen molar-refractivity contribution in [3.05, 3.63) is 47.4 Å². The molecule has 0 saturated heterocycles. The predicted molar refractivity (Wildman–Crippen MR) is 79.6 cm³/mol. The number of hydrogen-bond donors (Lipinski definition) is 1. The van der Waals surface area contributed by atoms with Crippen LogP contribution in [0.5, 0.6) is 0 Å². The number of aryl methyl sites for hydroxylation is 1. The lowest BCUT2D eigenvalue weighted by Crippen LogP contribution is -2.09. The van der Waals surface area contributed by atoms with Crippen molar-refractivity contribution in [1.82, 2.24) is 19.6 Å². The first-order chi connectivity index (χ1) is 10.9. The first kappa shape index (κ1) is 15.3. The lowest BCUT2D eigenvalue weighted by molar-refractivity contribution is -0.137. The molecule has 2 aromatic heterocycles. The Morgan fingerprint density at radius 1 is 1.26 bits per heavy atom. The molecule has 0 aliphatic rings. The number of benzene rings is 1. The number of hydrogen-bond acceptors (Lipinski definition) is 4. The van der Waals surface area contributed by atoms with Gasteiger partial charge in [-0.2, -0.15) is 27.8 Å². The summed E-state index contributed by atoms with van der Waals surface area (Å²) in [5, 5.41) is 7.12. The lowest BCUT2D eigenvalue weighted by Gasteiger charge is -2.15. The first-order valence-corrected chi connectivity index (χ1v) is 7.03. The summed E-state index contributed by atoms with van der Waals surface area (Å²) in [4.78, 5) is 8.37. The fourth-order valence-electron chi connectivity index (χ4n) is 2.45. The molecule has 0 radical (unpaired) electrons. The maximum Gasteiger partial charge on any atom is 0.416 e. The van der Waals surface area contributed by atoms with Crippen molar-refractivity contribution in [3.63, 3.8) is 0 Å². The van der Waals surface area contributed by atoms with E-state index in [9.17, 15) is 13.2 Å². The van der Waals surface area contributed by atoms with Crippen LogP contribution in [0.2, 0.25) is 0 Å². The number of anilines is 2. The molecule has 0 aliphatic carbocycles. The molecule has 0 fully saturated rings. The van der Waals surface area contributed by atoms with E-state index in [1.54, 1.807) is 6.07 Å². The van der Waals surface area contributed by atoms with E-state index in [0.717, 1.165) is 23.4 Å². The monoisotopic (exact) mass is 321 g/mol. The Hall–Kier alpha value is -2.64. The third-order valence-electron chi connectivity index (χ3n) is 3.54. The van der Waals surface area contributed by atoms with Crippen molar-refractivity contribution in [2.24, 2.45) is 0 Å². The molecule has 1 N–H and O–H groups in total. The van der Waals surface area contributed by atoms with Gasteiger partial charge in [0.1, 0.15) is 12.1 Å². The summed E-state index contributed by atoms with van der Waals surface area (Å²) in [7, 11) is 0. The van der Waals surface area contributed by atoms with Crippen molar-refractivity contribution < 1.29 is 13.2 Å². The van der Waals surface area contributed by atoms with Gasteiger partial charge in [0, 0.05) is 16.9 Å². The molecule has 1 aromatic carbocycles. The van der Waals surface area contributed by atoms with Crippen LogP contribution < -0.4 is 5.32 Å². The van der Waals surface area contributed by atoms with Gasteiger partial charge in [-0.3, -0.25) is 0 Å². The topological polar surface area (TPSA) is 55.1 Å². The average molecular weight is 321 g/mol. The highest BCUT2D eigenvalue weighted by atomic mass is 19.4. The highest BCUT2D eigenvalue weighted by molar-refractivity contribution is 5.63. The SMILES string of the molecule is CCc1c(C)nc2ncnn2c1Nc1cccc(C(F)(F)F)c1. The molecule has 5 nitrogen and oxygen atoms in total. The largest absolute Gasteiger partial charge is 0.416 e. The Kier molecular flexibility index (Phi) is 3.67. The van der Waals surface area contributed by atoms with Crippen LogP contribution in [-0.4, -0.2) is 19.6 Å². The number of rotatable bonds is 3. The van der Waals surface area contributed by atoms with Crippen LogP contribution in [0.3, 0.4) is 0 Å². The molecule has 0 atom stereocenters. The molecule has 3 rings (SSSR count). The molecule has 3 aromatic rings. The molecule has 0 bridgehead atoms. The fraction of sp³-hybridized carbons (Fsp3) is 0.267. The van der Waals surface area contributed by atoms with Crippen LogP contribution >= 0.6 is 0 Å². The van der Waals surface area contributed by atoms with Crippen molar-refractivity contribution >= 4 is 17.3 Å². The molecule has 0 spiro atoms. The van der Waals surface area contributed by atoms with Crippen LogP contribution in [0.15, 0.2) is 30.6 Å². The lowest BCUT2D eigenvalue weighted by atomic mass is 10.1. The molecule has 23 heavy (non-hydrogen) atoms. The zero-order valence-electron chi connectivity index (χ0n) is 12.5. The molecule has 0 saturated carbocycles. The summed E-state index contributed by atoms with van der Waals surface area (Å²) >= 11 is 0. The van der Waals surface area contributed by atoms with E-state index in [-0.39, 0.29) is 0 Å². The van der Waals surface area contributed by atoms with Gasteiger partial charge >= 0.3 is 6.18 Å². The van der Waals surface area contributed by atoms with Gasteiger partial charge < -0.3 is 5.32 Å². The maximum absolute atomic E-state index is 12.9. The minimum Gasteiger partial charge on any atom is -0.340 e. The van der Waals surface area contributed by atoms with E-state index in [1.807, 2.05) is 13.8 Å². The number of nitrogens with one attached hydrogen (secondary N) is 1. The average Bonchev–Trinajstić information content (AvgIpc) is 2.95. The molecule has 120 valence electrons. The molecular formula is C15H14F3N5. The molecule has 0 unspecified atom stereocenters. The zero-order chi connectivity index (χ0) is 16.6. The highest BCUT2D eigenvalue weighted by Crippen LogP contribution is 2.32. The first-order valence-electron chi connectivity index (χ1n) is 7.03. The smallest absolute Gasteiger partial charge is 0.340 e. The quantitative estimate of drug-likeness (QED) is 0.798. The minimum atomic E-state index is -4.39. The number of nitrogens with zero attached hydrogens (tertiary/aromatic N) is 4. The summed E-state index contributed by atoms with van der Waals surface area (Å²) in [6.45, 7) is 3.79. The van der Waals surface area contributed by atoms with E-state index in [2.05, 4.69) is 20.4 Å². The second-order valence-electron chi connectivity index (χ2n) is 5.05. The number of halogens is 3. The van der Waals surface area contributed by atoms with Crippen molar-refractivity contribution in [1.29, 1.82) is 0 Å². The third-order valence-corrected chi connectivity index (χ3v) is 3.54. The number of aromatic nitrogens is 4. The van der Waals surface area contributed by atoms with Gasteiger partial charge in [-0.25, -0.2) is 4.98 Å². The summed E-state index contributed by atoms with van der Waals surface area (Å²) in [6.07, 6.45) is -2.36. The Bertz CT molecular complexity index is 854. The number of alkyl halides is 3. The molecule has 8 heteroatoms. The van der Waals surface area contributed by atoms with Crippen LogP contribution in [-0.2, 0) is 12.6 Å². The second kappa shape index (κ2) is 5.53. The van der Waals surface area contributed by atoms with Gasteiger partial charge in [0.2, 0.25) is 0 Å². The summed E-state index contributed by atoms with van der Waals surface area (Å²) in [5.41, 5.74) is 1.26. The van der Waals surface area contributed by atoms with E-state index in [0.29, 0.717) is 23.7 Å². The molecular weight excluding hydrogens is 307 g/mol. The zero-order valence-corrected chi connectivity index (χ0v) is 12.5. The van der Waals surface area contributed by atoms with Gasteiger partial charge in [-0.1, -0.05) is 13.0 Å².